The predicted molar refractivity (Wildman–Crippen MR) is 136 cm³/mol. The van der Waals surface area contributed by atoms with Crippen LogP contribution in [0.3, 0.4) is 0 Å². The maximum atomic E-state index is 11.7. The topological polar surface area (TPSA) is 64.3 Å². The van der Waals surface area contributed by atoms with Gasteiger partial charge in [-0.05, 0) is 136 Å². The van der Waals surface area contributed by atoms with Gasteiger partial charge in [-0.1, -0.05) is 20.8 Å². The fourth-order valence-electron chi connectivity index (χ4n) is 9.64. The number of ether oxygens (including phenoxy) is 1. The zero-order valence-corrected chi connectivity index (χ0v) is 22.0. The summed E-state index contributed by atoms with van der Waals surface area (Å²) in [6.45, 7) is 9.70. The summed E-state index contributed by atoms with van der Waals surface area (Å²) in [7, 11) is 1.52. The van der Waals surface area contributed by atoms with Gasteiger partial charge in [-0.25, -0.2) is 0 Å². The molecule has 0 aromatic heterocycles. The Morgan fingerprint density at radius 1 is 1.03 bits per heavy atom. The van der Waals surface area contributed by atoms with Gasteiger partial charge in [0.1, 0.15) is 0 Å². The van der Waals surface area contributed by atoms with Gasteiger partial charge in [0, 0.05) is 12.5 Å². The van der Waals surface area contributed by atoms with E-state index in [1.54, 1.807) is 0 Å². The molecule has 4 aliphatic rings. The van der Waals surface area contributed by atoms with Crippen LogP contribution in [0, 0.1) is 46.3 Å². The Balaban J connectivity index is 1.38. The molecule has 9 unspecified atom stereocenters. The fraction of sp³-hybridized carbons (Fsp3) is 0.966. The largest absolute Gasteiger partial charge is 0.469 e. The van der Waals surface area contributed by atoms with Gasteiger partial charge in [-0.3, -0.25) is 4.79 Å². The summed E-state index contributed by atoms with van der Waals surface area (Å²) in [5.74, 6) is 5.08. The maximum Gasteiger partial charge on any atom is 0.305 e. The van der Waals surface area contributed by atoms with Crippen molar-refractivity contribution in [1.29, 1.82) is 0 Å². The second-order valence-corrected chi connectivity index (χ2v) is 12.9. The third-order valence-electron chi connectivity index (χ3n) is 11.5. The van der Waals surface area contributed by atoms with Gasteiger partial charge in [-0.2, -0.15) is 0 Å². The minimum absolute atomic E-state index is 0.0408. The first kappa shape index (κ1) is 25.5. The average molecular weight is 461 g/mol. The lowest BCUT2D eigenvalue weighted by atomic mass is 9.44. The van der Waals surface area contributed by atoms with Crippen LogP contribution in [-0.4, -0.2) is 32.2 Å². The van der Waals surface area contributed by atoms with E-state index in [-0.39, 0.29) is 5.97 Å². The molecule has 0 aliphatic heterocycles. The fourth-order valence-corrected chi connectivity index (χ4v) is 9.64. The van der Waals surface area contributed by atoms with E-state index in [9.17, 15) is 4.79 Å². The van der Waals surface area contributed by atoms with Gasteiger partial charge < -0.3 is 15.8 Å². The monoisotopic (exact) mass is 460 g/mol. The summed E-state index contributed by atoms with van der Waals surface area (Å²) in [5.41, 5.74) is 6.72. The minimum Gasteiger partial charge on any atom is -0.469 e. The summed E-state index contributed by atoms with van der Waals surface area (Å²) in [4.78, 5) is 11.7. The SMILES string of the molecule is COC(=O)CCC(C)C1CCC2C3CCC4CC(NCCCCN)CCC4(C)C3CCC12C. The average Bonchev–Trinajstić information content (AvgIpc) is 3.17. The molecule has 3 N–H and O–H groups in total. The summed E-state index contributed by atoms with van der Waals surface area (Å²) < 4.78 is 4.92. The Morgan fingerprint density at radius 3 is 2.55 bits per heavy atom. The van der Waals surface area contributed by atoms with Gasteiger partial charge in [0.05, 0.1) is 7.11 Å². The van der Waals surface area contributed by atoms with Crippen molar-refractivity contribution in [3.05, 3.63) is 0 Å². The van der Waals surface area contributed by atoms with Gasteiger partial charge in [0.15, 0.2) is 0 Å². The molecule has 0 radical (unpaired) electrons. The number of carbonyl (C=O) groups excluding carboxylic acids is 1. The highest BCUT2D eigenvalue weighted by molar-refractivity contribution is 5.69. The number of nitrogens with one attached hydrogen (secondary N) is 1. The molecule has 0 aromatic carbocycles. The van der Waals surface area contributed by atoms with E-state index in [0.717, 1.165) is 61.6 Å². The highest BCUT2D eigenvalue weighted by Crippen LogP contribution is 2.68. The summed E-state index contributed by atoms with van der Waals surface area (Å²) in [6, 6.07) is 0.734. The van der Waals surface area contributed by atoms with Crippen LogP contribution in [0.4, 0.5) is 0 Å². The van der Waals surface area contributed by atoms with E-state index >= 15 is 0 Å². The highest BCUT2D eigenvalue weighted by atomic mass is 16.5. The van der Waals surface area contributed by atoms with Crippen molar-refractivity contribution >= 4 is 5.97 Å². The van der Waals surface area contributed by atoms with Crippen molar-refractivity contribution in [2.45, 2.75) is 110 Å². The van der Waals surface area contributed by atoms with Crippen molar-refractivity contribution in [3.8, 4) is 0 Å². The van der Waals surface area contributed by atoms with Crippen LogP contribution in [0.5, 0.6) is 0 Å². The molecule has 4 saturated carbocycles. The number of nitrogens with two attached hydrogens (primary N) is 1. The smallest absolute Gasteiger partial charge is 0.305 e. The number of unbranched alkanes of at least 4 members (excludes halogenated alkanes) is 1. The molecule has 4 rings (SSSR count). The van der Waals surface area contributed by atoms with Crippen LogP contribution >= 0.6 is 0 Å². The van der Waals surface area contributed by atoms with Crippen LogP contribution in [0.25, 0.3) is 0 Å². The molecule has 0 saturated heterocycles. The normalized spacial score (nSPS) is 43.3. The molecule has 4 heteroatoms. The van der Waals surface area contributed by atoms with Gasteiger partial charge in [0.25, 0.3) is 0 Å². The van der Waals surface area contributed by atoms with Crippen molar-refractivity contribution in [1.82, 2.24) is 5.32 Å². The van der Waals surface area contributed by atoms with Crippen LogP contribution in [0.2, 0.25) is 0 Å². The Kier molecular flexibility index (Phi) is 8.16. The minimum atomic E-state index is -0.0408. The van der Waals surface area contributed by atoms with E-state index in [1.807, 2.05) is 0 Å². The lowest BCUT2D eigenvalue weighted by Crippen LogP contribution is -2.55. The summed E-state index contributed by atoms with van der Waals surface area (Å²) in [6.07, 6.45) is 16.7. The van der Waals surface area contributed by atoms with Crippen LogP contribution in [-0.2, 0) is 9.53 Å². The molecule has 0 spiro atoms. The van der Waals surface area contributed by atoms with E-state index in [0.29, 0.717) is 23.2 Å². The Bertz CT molecular complexity index is 668. The standard InChI is InChI=1S/C29H52N2O2/c1-20(7-12-27(32)33-4)24-10-11-25-23-9-8-21-19-22(31-18-6-5-17-30)13-15-28(21,2)26(23)14-16-29(24,25)3/h20-26,31H,5-19,30H2,1-4H3. The molecule has 0 aromatic rings. The number of fused-ring (bicyclic) bond motifs is 5. The number of hydrogen-bond acceptors (Lipinski definition) is 4. The van der Waals surface area contributed by atoms with Crippen molar-refractivity contribution in [2.75, 3.05) is 20.2 Å². The van der Waals surface area contributed by atoms with E-state index in [2.05, 4.69) is 26.1 Å². The summed E-state index contributed by atoms with van der Waals surface area (Å²) >= 11 is 0. The number of carbonyl (C=O) groups is 1. The maximum absolute atomic E-state index is 11.7. The molecule has 0 heterocycles. The van der Waals surface area contributed by atoms with E-state index in [1.165, 1.54) is 71.3 Å². The van der Waals surface area contributed by atoms with Crippen LogP contribution < -0.4 is 11.1 Å². The third-order valence-corrected chi connectivity index (χ3v) is 11.5. The molecule has 4 nitrogen and oxygen atoms in total. The molecule has 0 bridgehead atoms. The molecule has 190 valence electrons. The quantitative estimate of drug-likeness (QED) is 0.330. The lowest BCUT2D eigenvalue weighted by molar-refractivity contribution is -0.141. The second-order valence-electron chi connectivity index (χ2n) is 12.9. The zero-order valence-electron chi connectivity index (χ0n) is 22.0. The number of rotatable bonds is 9. The molecule has 0 amide bonds. The molecular weight excluding hydrogens is 408 g/mol. The molecule has 33 heavy (non-hydrogen) atoms. The Morgan fingerprint density at radius 2 is 1.79 bits per heavy atom. The van der Waals surface area contributed by atoms with E-state index < -0.39 is 0 Å². The van der Waals surface area contributed by atoms with E-state index in [4.69, 9.17) is 10.5 Å². The highest BCUT2D eigenvalue weighted by Gasteiger charge is 2.60. The molecule has 9 atom stereocenters. The Labute approximate surface area is 203 Å². The third kappa shape index (κ3) is 4.90. The summed E-state index contributed by atoms with van der Waals surface area (Å²) in [5, 5.41) is 3.88. The Hall–Kier alpha value is -0.610. The van der Waals surface area contributed by atoms with Gasteiger partial charge >= 0.3 is 5.97 Å². The van der Waals surface area contributed by atoms with Crippen molar-refractivity contribution < 1.29 is 9.53 Å². The second kappa shape index (κ2) is 10.6. The van der Waals surface area contributed by atoms with Crippen molar-refractivity contribution in [2.24, 2.45) is 52.1 Å². The first-order valence-electron chi connectivity index (χ1n) is 14.3. The number of esters is 1. The van der Waals surface area contributed by atoms with Crippen LogP contribution in [0.1, 0.15) is 104 Å². The molecular formula is C29H52N2O2. The first-order valence-corrected chi connectivity index (χ1v) is 14.3. The van der Waals surface area contributed by atoms with Crippen LogP contribution in [0.15, 0.2) is 0 Å². The predicted octanol–water partition coefficient (Wildman–Crippen LogP) is 5.93. The van der Waals surface area contributed by atoms with Crippen molar-refractivity contribution in [3.63, 3.8) is 0 Å². The number of methoxy groups -OCH3 is 1. The number of hydrogen-bond donors (Lipinski definition) is 2. The molecule has 4 fully saturated rings. The molecule has 4 aliphatic carbocycles. The first-order chi connectivity index (χ1) is 15.8. The zero-order chi connectivity index (χ0) is 23.6. The lowest BCUT2D eigenvalue weighted by Gasteiger charge is -2.61. The van der Waals surface area contributed by atoms with Gasteiger partial charge in [-0.15, -0.1) is 0 Å². The van der Waals surface area contributed by atoms with Gasteiger partial charge in [0.2, 0.25) is 0 Å².